The Bertz CT molecular complexity index is 1540. The van der Waals surface area contributed by atoms with Gasteiger partial charge in [0.05, 0.1) is 16.9 Å². The Morgan fingerprint density at radius 1 is 0.750 bits per heavy atom. The number of rotatable bonds is 1. The highest BCUT2D eigenvalue weighted by molar-refractivity contribution is 6.13. The summed E-state index contributed by atoms with van der Waals surface area (Å²) in [6.07, 6.45) is -4.48. The van der Waals surface area contributed by atoms with Crippen molar-refractivity contribution in [3.8, 4) is 11.3 Å². The maximum absolute atomic E-state index is 15.1. The summed E-state index contributed by atoms with van der Waals surface area (Å²) in [4.78, 5) is 4.90. The van der Waals surface area contributed by atoms with Gasteiger partial charge in [-0.05, 0) is 17.9 Å². The standard InChI is InChI=1S/C27H21F3N2/c1-25(2)20-15-9-14-18-17-12-7-8-13-19(17)24-31-21(16-10-5-4-6-11-16)23(32(24)22(18)20)26(25,3)27(28,29)30/h4-15H,1-3H3. The third-order valence-corrected chi connectivity index (χ3v) is 7.61. The van der Waals surface area contributed by atoms with Gasteiger partial charge in [-0.2, -0.15) is 13.2 Å². The molecule has 0 saturated carbocycles. The highest BCUT2D eigenvalue weighted by Crippen LogP contribution is 2.59. The zero-order valence-electron chi connectivity index (χ0n) is 18.0. The number of benzene rings is 3. The number of aromatic nitrogens is 2. The third-order valence-electron chi connectivity index (χ3n) is 7.61. The van der Waals surface area contributed by atoms with Gasteiger partial charge in [-0.15, -0.1) is 0 Å². The first-order valence-corrected chi connectivity index (χ1v) is 10.7. The zero-order valence-corrected chi connectivity index (χ0v) is 18.0. The van der Waals surface area contributed by atoms with Crippen LogP contribution in [0.15, 0.2) is 72.8 Å². The highest BCUT2D eigenvalue weighted by atomic mass is 19.4. The van der Waals surface area contributed by atoms with Crippen LogP contribution in [-0.2, 0) is 10.8 Å². The van der Waals surface area contributed by atoms with Gasteiger partial charge in [0.1, 0.15) is 11.1 Å². The Morgan fingerprint density at radius 2 is 1.38 bits per heavy atom. The number of hydrogen-bond donors (Lipinski definition) is 0. The predicted octanol–water partition coefficient (Wildman–Crippen LogP) is 7.42. The minimum Gasteiger partial charge on any atom is -0.294 e. The van der Waals surface area contributed by atoms with E-state index in [1.165, 1.54) is 6.92 Å². The number of pyridine rings is 1. The fraction of sp³-hybridized carbons (Fsp3) is 0.222. The molecule has 1 atom stereocenters. The van der Waals surface area contributed by atoms with Gasteiger partial charge in [0, 0.05) is 21.8 Å². The van der Waals surface area contributed by atoms with Crippen LogP contribution in [0.5, 0.6) is 0 Å². The average Bonchev–Trinajstić information content (AvgIpc) is 3.19. The molecule has 0 saturated heterocycles. The molecule has 1 aliphatic rings. The van der Waals surface area contributed by atoms with Crippen LogP contribution in [0.4, 0.5) is 13.2 Å². The first kappa shape index (κ1) is 19.4. The number of imidazole rings is 1. The van der Waals surface area contributed by atoms with Crippen molar-refractivity contribution in [3.63, 3.8) is 0 Å². The number of hydrogen-bond acceptors (Lipinski definition) is 1. The summed E-state index contributed by atoms with van der Waals surface area (Å²) >= 11 is 0. The first-order chi connectivity index (χ1) is 15.2. The average molecular weight is 430 g/mol. The largest absolute Gasteiger partial charge is 0.400 e. The smallest absolute Gasteiger partial charge is 0.294 e. The molecular formula is C27H21F3N2. The topological polar surface area (TPSA) is 17.3 Å². The number of alkyl halides is 3. The molecule has 2 nitrogen and oxygen atoms in total. The van der Waals surface area contributed by atoms with E-state index in [2.05, 4.69) is 0 Å². The molecule has 0 aliphatic carbocycles. The van der Waals surface area contributed by atoms with Crippen LogP contribution < -0.4 is 0 Å². The van der Waals surface area contributed by atoms with Crippen molar-refractivity contribution in [2.75, 3.05) is 0 Å². The van der Waals surface area contributed by atoms with Gasteiger partial charge in [-0.25, -0.2) is 4.98 Å². The summed E-state index contributed by atoms with van der Waals surface area (Å²) in [6, 6.07) is 22.8. The van der Waals surface area contributed by atoms with Gasteiger partial charge in [0.25, 0.3) is 0 Å². The predicted molar refractivity (Wildman–Crippen MR) is 122 cm³/mol. The first-order valence-electron chi connectivity index (χ1n) is 10.7. The fourth-order valence-electron chi connectivity index (χ4n) is 5.55. The van der Waals surface area contributed by atoms with Gasteiger partial charge in [0.2, 0.25) is 0 Å². The molecule has 0 fully saturated rings. The van der Waals surface area contributed by atoms with Gasteiger partial charge >= 0.3 is 6.18 Å². The lowest BCUT2D eigenvalue weighted by Crippen LogP contribution is -2.56. The van der Waals surface area contributed by atoms with Gasteiger partial charge < -0.3 is 0 Å². The normalized spacial score (nSPS) is 19.9. The lowest BCUT2D eigenvalue weighted by molar-refractivity contribution is -0.205. The Labute approximate surface area is 183 Å². The van der Waals surface area contributed by atoms with E-state index >= 15 is 13.2 Å². The molecule has 2 aromatic heterocycles. The molecule has 1 unspecified atom stereocenters. The molecule has 0 amide bonds. The Hall–Kier alpha value is -3.34. The second-order valence-electron chi connectivity index (χ2n) is 9.33. The molecule has 3 heterocycles. The summed E-state index contributed by atoms with van der Waals surface area (Å²) in [5.74, 6) is 0. The van der Waals surface area contributed by atoms with E-state index < -0.39 is 17.0 Å². The van der Waals surface area contributed by atoms with Crippen molar-refractivity contribution < 1.29 is 13.2 Å². The molecule has 32 heavy (non-hydrogen) atoms. The second kappa shape index (κ2) is 5.91. The molecule has 1 aliphatic heterocycles. The summed E-state index contributed by atoms with van der Waals surface area (Å²) in [5, 5.41) is 2.80. The van der Waals surface area contributed by atoms with Crippen molar-refractivity contribution in [2.45, 2.75) is 37.8 Å². The van der Waals surface area contributed by atoms with Crippen molar-refractivity contribution in [1.29, 1.82) is 0 Å². The lowest BCUT2D eigenvalue weighted by Gasteiger charge is -2.49. The van der Waals surface area contributed by atoms with Crippen molar-refractivity contribution in [2.24, 2.45) is 0 Å². The van der Waals surface area contributed by atoms with E-state index in [9.17, 15) is 0 Å². The third kappa shape index (κ3) is 2.09. The lowest BCUT2D eigenvalue weighted by atomic mass is 9.58. The molecule has 5 heteroatoms. The van der Waals surface area contributed by atoms with Crippen molar-refractivity contribution in [3.05, 3.63) is 84.1 Å². The SMILES string of the molecule is CC1(C)c2cccc3c4ccccc4c4nc(-c5ccccc5)c(n4c23)C1(C)C(F)(F)F. The van der Waals surface area contributed by atoms with Gasteiger partial charge in [-0.3, -0.25) is 4.40 Å². The molecular weight excluding hydrogens is 409 g/mol. The van der Waals surface area contributed by atoms with E-state index in [0.29, 0.717) is 22.5 Å². The van der Waals surface area contributed by atoms with E-state index in [4.69, 9.17) is 4.98 Å². The molecule has 0 bridgehead atoms. The van der Waals surface area contributed by atoms with Crippen LogP contribution in [0.25, 0.3) is 38.6 Å². The number of nitrogens with zero attached hydrogens (tertiary/aromatic N) is 2. The molecule has 5 aromatic rings. The summed E-state index contributed by atoms with van der Waals surface area (Å²) in [7, 11) is 0. The summed E-state index contributed by atoms with van der Waals surface area (Å²) in [5.41, 5.74) is 0.0205. The van der Waals surface area contributed by atoms with Crippen molar-refractivity contribution in [1.82, 2.24) is 9.38 Å². The molecule has 0 N–H and O–H groups in total. The van der Waals surface area contributed by atoms with Crippen LogP contribution in [0.1, 0.15) is 32.0 Å². The van der Waals surface area contributed by atoms with E-state index in [0.717, 1.165) is 21.7 Å². The van der Waals surface area contributed by atoms with Gasteiger partial charge in [0.15, 0.2) is 0 Å². The van der Waals surface area contributed by atoms with Crippen LogP contribution in [0, 0.1) is 0 Å². The number of para-hydroxylation sites is 1. The Balaban J connectivity index is 1.98. The minimum atomic E-state index is -4.48. The van der Waals surface area contributed by atoms with Crippen LogP contribution >= 0.6 is 0 Å². The van der Waals surface area contributed by atoms with Crippen LogP contribution in [-0.4, -0.2) is 15.6 Å². The fourth-order valence-corrected chi connectivity index (χ4v) is 5.55. The summed E-state index contributed by atoms with van der Waals surface area (Å²) < 4.78 is 47.0. The summed E-state index contributed by atoms with van der Waals surface area (Å²) in [6.45, 7) is 4.75. The molecule has 0 radical (unpaired) electrons. The van der Waals surface area contributed by atoms with E-state index in [1.54, 1.807) is 18.2 Å². The minimum absolute atomic E-state index is 0.214. The maximum Gasteiger partial charge on any atom is 0.400 e. The molecule has 160 valence electrons. The second-order valence-corrected chi connectivity index (χ2v) is 9.33. The van der Waals surface area contributed by atoms with Crippen LogP contribution in [0.2, 0.25) is 0 Å². The Kier molecular flexibility index (Phi) is 3.58. The zero-order chi connectivity index (χ0) is 22.5. The van der Waals surface area contributed by atoms with E-state index in [1.807, 2.05) is 72.8 Å². The van der Waals surface area contributed by atoms with E-state index in [-0.39, 0.29) is 5.69 Å². The maximum atomic E-state index is 15.1. The number of halogens is 3. The molecule has 0 spiro atoms. The van der Waals surface area contributed by atoms with Crippen LogP contribution in [0.3, 0.4) is 0 Å². The Morgan fingerprint density at radius 3 is 2.06 bits per heavy atom. The monoisotopic (exact) mass is 430 g/mol. The number of fused-ring (bicyclic) bond motifs is 3. The quantitative estimate of drug-likeness (QED) is 0.253. The molecule has 6 rings (SSSR count). The molecule has 3 aromatic carbocycles. The van der Waals surface area contributed by atoms with Crippen molar-refractivity contribution >= 4 is 27.3 Å². The van der Waals surface area contributed by atoms with Gasteiger partial charge in [-0.1, -0.05) is 86.6 Å². The highest BCUT2D eigenvalue weighted by Gasteiger charge is 2.65.